The number of nitrogens with zero attached hydrogens (tertiary/aromatic N) is 2. The Morgan fingerprint density at radius 2 is 2.25 bits per heavy atom. The monoisotopic (exact) mass is 216 g/mol. The molecule has 0 bridgehead atoms. The van der Waals surface area contributed by atoms with Crippen LogP contribution in [0.2, 0.25) is 0 Å². The number of hydrogen-bond donors (Lipinski definition) is 2. The van der Waals surface area contributed by atoms with Gasteiger partial charge in [-0.3, -0.25) is 4.68 Å². The lowest BCUT2D eigenvalue weighted by Gasteiger charge is -2.05. The summed E-state index contributed by atoms with van der Waals surface area (Å²) in [5.41, 5.74) is 8.62. The molecule has 0 amide bonds. The highest BCUT2D eigenvalue weighted by atomic mass is 15.2. The van der Waals surface area contributed by atoms with Crippen molar-refractivity contribution in [3.05, 3.63) is 42.2 Å². The lowest BCUT2D eigenvalue weighted by molar-refractivity contribution is 0.742. The van der Waals surface area contributed by atoms with Gasteiger partial charge in [0.1, 0.15) is 0 Å². The Labute approximate surface area is 95.1 Å². The van der Waals surface area contributed by atoms with Gasteiger partial charge in [0.05, 0.1) is 5.69 Å². The average molecular weight is 216 g/mol. The molecule has 1 heterocycles. The van der Waals surface area contributed by atoms with E-state index in [4.69, 9.17) is 5.73 Å². The second-order valence-corrected chi connectivity index (χ2v) is 3.78. The van der Waals surface area contributed by atoms with E-state index in [-0.39, 0.29) is 0 Å². The van der Waals surface area contributed by atoms with Gasteiger partial charge in [-0.15, -0.1) is 0 Å². The van der Waals surface area contributed by atoms with Gasteiger partial charge in [0.15, 0.2) is 0 Å². The molecule has 1 aromatic heterocycles. The van der Waals surface area contributed by atoms with Crippen LogP contribution < -0.4 is 11.1 Å². The fraction of sp³-hybridized carbons (Fsp3) is 0.250. The van der Waals surface area contributed by atoms with E-state index in [9.17, 15) is 0 Å². The van der Waals surface area contributed by atoms with Crippen molar-refractivity contribution in [1.82, 2.24) is 9.78 Å². The fourth-order valence-electron chi connectivity index (χ4n) is 1.58. The number of nitrogen functional groups attached to an aromatic ring is 1. The molecule has 0 aliphatic carbocycles. The molecule has 0 atom stereocenters. The quantitative estimate of drug-likeness (QED) is 0.764. The molecule has 0 saturated heterocycles. The predicted octanol–water partition coefficient (Wildman–Crippen LogP) is 1.66. The lowest BCUT2D eigenvalue weighted by atomic mass is 10.2. The number of benzene rings is 1. The van der Waals surface area contributed by atoms with E-state index < -0.39 is 0 Å². The molecular weight excluding hydrogens is 200 g/mol. The molecule has 2 rings (SSSR count). The molecule has 16 heavy (non-hydrogen) atoms. The van der Waals surface area contributed by atoms with E-state index in [1.54, 1.807) is 0 Å². The van der Waals surface area contributed by atoms with E-state index in [1.165, 1.54) is 0 Å². The van der Waals surface area contributed by atoms with Gasteiger partial charge in [0.25, 0.3) is 0 Å². The molecule has 0 aliphatic heterocycles. The van der Waals surface area contributed by atoms with Gasteiger partial charge in [-0.1, -0.05) is 6.07 Å². The number of hydrogen-bond acceptors (Lipinski definition) is 3. The second kappa shape index (κ2) is 4.70. The van der Waals surface area contributed by atoms with Crippen molar-refractivity contribution in [2.24, 2.45) is 7.05 Å². The third-order valence-corrected chi connectivity index (χ3v) is 2.37. The van der Waals surface area contributed by atoms with Crippen molar-refractivity contribution in [2.75, 3.05) is 17.6 Å². The number of nitrogens with two attached hydrogens (primary N) is 1. The average Bonchev–Trinajstić information content (AvgIpc) is 2.64. The van der Waals surface area contributed by atoms with Crippen LogP contribution in [0, 0.1) is 0 Å². The minimum absolute atomic E-state index is 0.780. The van der Waals surface area contributed by atoms with Gasteiger partial charge in [0.2, 0.25) is 0 Å². The minimum Gasteiger partial charge on any atom is -0.399 e. The topological polar surface area (TPSA) is 55.9 Å². The molecule has 4 heteroatoms. The highest BCUT2D eigenvalue weighted by Gasteiger charge is 1.97. The zero-order valence-corrected chi connectivity index (χ0v) is 9.35. The standard InChI is InChI=1S/C12H16N4/c1-16-8-6-11(15-16)5-7-14-12-4-2-3-10(13)9-12/h2-4,6,8-9,14H,5,7,13H2,1H3. The molecule has 4 nitrogen and oxygen atoms in total. The van der Waals surface area contributed by atoms with Crippen LogP contribution in [0.3, 0.4) is 0 Å². The summed E-state index contributed by atoms with van der Waals surface area (Å²) in [6.45, 7) is 0.862. The van der Waals surface area contributed by atoms with E-state index in [0.29, 0.717) is 0 Å². The smallest absolute Gasteiger partial charge is 0.0642 e. The van der Waals surface area contributed by atoms with Crippen LogP contribution in [-0.2, 0) is 13.5 Å². The summed E-state index contributed by atoms with van der Waals surface area (Å²) in [4.78, 5) is 0. The van der Waals surface area contributed by atoms with E-state index in [0.717, 1.165) is 30.0 Å². The molecule has 0 saturated carbocycles. The molecule has 84 valence electrons. The SMILES string of the molecule is Cn1ccc(CCNc2cccc(N)c2)n1. The third-order valence-electron chi connectivity index (χ3n) is 2.37. The molecular formula is C12H16N4. The molecule has 0 aliphatic rings. The maximum atomic E-state index is 5.69. The molecule has 2 aromatic rings. The molecule has 0 radical (unpaired) electrons. The Balaban J connectivity index is 1.84. The van der Waals surface area contributed by atoms with E-state index in [1.807, 2.05) is 48.3 Å². The summed E-state index contributed by atoms with van der Waals surface area (Å²) in [5.74, 6) is 0. The summed E-state index contributed by atoms with van der Waals surface area (Å²) in [6.07, 6.45) is 2.87. The normalized spacial score (nSPS) is 10.3. The lowest BCUT2D eigenvalue weighted by Crippen LogP contribution is -2.05. The summed E-state index contributed by atoms with van der Waals surface area (Å²) in [5, 5.41) is 7.63. The number of rotatable bonds is 4. The van der Waals surface area contributed by atoms with Crippen molar-refractivity contribution >= 4 is 11.4 Å². The minimum atomic E-state index is 0.780. The Morgan fingerprint density at radius 1 is 1.38 bits per heavy atom. The number of nitrogens with one attached hydrogen (secondary N) is 1. The van der Waals surface area contributed by atoms with Crippen molar-refractivity contribution < 1.29 is 0 Å². The molecule has 0 spiro atoms. The Morgan fingerprint density at radius 3 is 2.94 bits per heavy atom. The first kappa shape index (κ1) is 10.5. The maximum absolute atomic E-state index is 5.69. The predicted molar refractivity (Wildman–Crippen MR) is 66.3 cm³/mol. The highest BCUT2D eigenvalue weighted by Crippen LogP contribution is 2.11. The van der Waals surface area contributed by atoms with Crippen LogP contribution in [0.25, 0.3) is 0 Å². The zero-order chi connectivity index (χ0) is 11.4. The van der Waals surface area contributed by atoms with Gasteiger partial charge in [-0.2, -0.15) is 5.10 Å². The third kappa shape index (κ3) is 2.76. The maximum Gasteiger partial charge on any atom is 0.0642 e. The highest BCUT2D eigenvalue weighted by molar-refractivity contribution is 5.54. The van der Waals surface area contributed by atoms with Crippen LogP contribution in [0.15, 0.2) is 36.5 Å². The second-order valence-electron chi connectivity index (χ2n) is 3.78. The van der Waals surface area contributed by atoms with Crippen molar-refractivity contribution in [1.29, 1.82) is 0 Å². The summed E-state index contributed by atoms with van der Waals surface area (Å²) in [7, 11) is 1.93. The number of anilines is 2. The number of aromatic nitrogens is 2. The van der Waals surface area contributed by atoms with E-state index in [2.05, 4.69) is 10.4 Å². The Kier molecular flexibility index (Phi) is 3.10. The van der Waals surface area contributed by atoms with Gasteiger partial charge >= 0.3 is 0 Å². The van der Waals surface area contributed by atoms with Crippen LogP contribution in [0.5, 0.6) is 0 Å². The Bertz CT molecular complexity index is 462. The first-order chi connectivity index (χ1) is 7.74. The van der Waals surface area contributed by atoms with Crippen LogP contribution in [-0.4, -0.2) is 16.3 Å². The molecule has 0 unspecified atom stereocenters. The number of aryl methyl sites for hydroxylation is 1. The van der Waals surface area contributed by atoms with Crippen LogP contribution >= 0.6 is 0 Å². The first-order valence-electron chi connectivity index (χ1n) is 5.32. The zero-order valence-electron chi connectivity index (χ0n) is 9.35. The molecule has 3 N–H and O–H groups in total. The first-order valence-corrected chi connectivity index (χ1v) is 5.32. The van der Waals surface area contributed by atoms with E-state index >= 15 is 0 Å². The summed E-state index contributed by atoms with van der Waals surface area (Å²) < 4.78 is 1.82. The summed E-state index contributed by atoms with van der Waals surface area (Å²) >= 11 is 0. The largest absolute Gasteiger partial charge is 0.399 e. The van der Waals surface area contributed by atoms with Gasteiger partial charge in [0, 0.05) is 37.6 Å². The van der Waals surface area contributed by atoms with Crippen LogP contribution in [0.4, 0.5) is 11.4 Å². The van der Waals surface area contributed by atoms with Gasteiger partial charge in [-0.05, 0) is 24.3 Å². The van der Waals surface area contributed by atoms with Gasteiger partial charge in [-0.25, -0.2) is 0 Å². The van der Waals surface area contributed by atoms with Gasteiger partial charge < -0.3 is 11.1 Å². The van der Waals surface area contributed by atoms with Crippen molar-refractivity contribution in [2.45, 2.75) is 6.42 Å². The van der Waals surface area contributed by atoms with Crippen LogP contribution in [0.1, 0.15) is 5.69 Å². The molecule has 0 fully saturated rings. The fourth-order valence-corrected chi connectivity index (χ4v) is 1.58. The molecule has 1 aromatic carbocycles. The van der Waals surface area contributed by atoms with Crippen molar-refractivity contribution in [3.63, 3.8) is 0 Å². The Hall–Kier alpha value is -1.97. The van der Waals surface area contributed by atoms with Crippen molar-refractivity contribution in [3.8, 4) is 0 Å². The summed E-state index contributed by atoms with van der Waals surface area (Å²) in [6, 6.07) is 9.79.